The monoisotopic (exact) mass is 336 g/mol. The number of piperidine rings is 1. The first-order valence-electron chi connectivity index (χ1n) is 7.89. The molecule has 9 heteroatoms. The van der Waals surface area contributed by atoms with Gasteiger partial charge in [0.2, 0.25) is 17.7 Å². The Hall–Kier alpha value is -2.58. The van der Waals surface area contributed by atoms with Crippen LogP contribution in [0.4, 0.5) is 4.79 Å². The number of cyclic esters (lactones) is 1. The lowest BCUT2D eigenvalue weighted by molar-refractivity contribution is -0.134. The fourth-order valence-electron chi connectivity index (χ4n) is 2.74. The Balaban J connectivity index is 1.53. The molecule has 0 spiro atoms. The van der Waals surface area contributed by atoms with Crippen LogP contribution in [0.25, 0.3) is 0 Å². The molecule has 0 bridgehead atoms. The molecule has 0 aromatic carbocycles. The molecular formula is C15H20N4O5. The van der Waals surface area contributed by atoms with Crippen LogP contribution in [-0.4, -0.2) is 78.0 Å². The van der Waals surface area contributed by atoms with Crippen LogP contribution in [0.2, 0.25) is 0 Å². The summed E-state index contributed by atoms with van der Waals surface area (Å²) in [5.74, 6) is 0.724. The highest BCUT2D eigenvalue weighted by Gasteiger charge is 2.29. The van der Waals surface area contributed by atoms with Crippen LogP contribution in [0.5, 0.6) is 11.8 Å². The van der Waals surface area contributed by atoms with Crippen LogP contribution < -0.4 is 9.47 Å². The zero-order valence-corrected chi connectivity index (χ0v) is 13.5. The summed E-state index contributed by atoms with van der Waals surface area (Å²) in [7, 11) is 1.52. The first-order valence-corrected chi connectivity index (χ1v) is 7.89. The van der Waals surface area contributed by atoms with Crippen molar-refractivity contribution in [3.8, 4) is 11.8 Å². The number of hydrogen-bond acceptors (Lipinski definition) is 7. The summed E-state index contributed by atoms with van der Waals surface area (Å²) in [5.41, 5.74) is 0. The summed E-state index contributed by atoms with van der Waals surface area (Å²) in [6.07, 6.45) is 1.10. The van der Waals surface area contributed by atoms with E-state index in [-0.39, 0.29) is 18.6 Å². The van der Waals surface area contributed by atoms with Crippen molar-refractivity contribution in [3.63, 3.8) is 0 Å². The minimum atomic E-state index is -0.429. The van der Waals surface area contributed by atoms with Crippen molar-refractivity contribution in [1.82, 2.24) is 20.0 Å². The predicted molar refractivity (Wildman–Crippen MR) is 81.7 cm³/mol. The molecule has 9 nitrogen and oxygen atoms in total. The van der Waals surface area contributed by atoms with Gasteiger partial charge in [-0.3, -0.25) is 9.69 Å². The summed E-state index contributed by atoms with van der Waals surface area (Å²) < 4.78 is 15.6. The Morgan fingerprint density at radius 3 is 2.79 bits per heavy atom. The van der Waals surface area contributed by atoms with Crippen LogP contribution in [0.1, 0.15) is 12.8 Å². The number of carbonyl (C=O) groups is 2. The predicted octanol–water partition coefficient (Wildman–Crippen LogP) is 0.307. The maximum atomic E-state index is 12.4. The van der Waals surface area contributed by atoms with Crippen molar-refractivity contribution < 1.29 is 23.8 Å². The molecule has 1 atom stereocenters. The van der Waals surface area contributed by atoms with Crippen LogP contribution in [0, 0.1) is 0 Å². The summed E-state index contributed by atoms with van der Waals surface area (Å²) in [5, 5.41) is 7.79. The normalized spacial score (nSPS) is 20.7. The quantitative estimate of drug-likeness (QED) is 0.763. The molecule has 0 radical (unpaired) electrons. The summed E-state index contributed by atoms with van der Waals surface area (Å²) >= 11 is 0. The molecule has 2 aliphatic heterocycles. The number of carbonyl (C=O) groups excluding carboxylic acids is 2. The zero-order chi connectivity index (χ0) is 16.9. The Morgan fingerprint density at radius 1 is 1.33 bits per heavy atom. The lowest BCUT2D eigenvalue weighted by atomic mass is 10.1. The molecule has 24 heavy (non-hydrogen) atoms. The van der Waals surface area contributed by atoms with Crippen LogP contribution in [-0.2, 0) is 9.53 Å². The van der Waals surface area contributed by atoms with Gasteiger partial charge in [0.05, 0.1) is 20.2 Å². The van der Waals surface area contributed by atoms with Gasteiger partial charge in [-0.25, -0.2) is 4.79 Å². The standard InChI is InChI=1S/C15H20N4O5/c1-22-12-4-5-13(17-16-12)24-11-3-2-6-18(9-11)14(20)10-19-7-8-23-15(19)21/h4-5,11H,2-3,6-10H2,1H3. The SMILES string of the molecule is COc1ccc(OC2CCCN(C(=O)CN3CCOC3=O)C2)nn1. The minimum absolute atomic E-state index is 0.0495. The molecule has 1 aromatic heterocycles. The minimum Gasteiger partial charge on any atom is -0.480 e. The average Bonchev–Trinajstić information content (AvgIpc) is 3.00. The number of aromatic nitrogens is 2. The third kappa shape index (κ3) is 3.84. The molecule has 2 aliphatic rings. The molecule has 3 heterocycles. The number of nitrogens with zero attached hydrogens (tertiary/aromatic N) is 4. The molecule has 2 fully saturated rings. The lowest BCUT2D eigenvalue weighted by Gasteiger charge is -2.33. The van der Waals surface area contributed by atoms with Crippen molar-refractivity contribution >= 4 is 12.0 Å². The van der Waals surface area contributed by atoms with Crippen molar-refractivity contribution in [2.45, 2.75) is 18.9 Å². The second kappa shape index (κ2) is 7.33. The van der Waals surface area contributed by atoms with Gasteiger partial charge in [0, 0.05) is 18.7 Å². The van der Waals surface area contributed by atoms with Crippen molar-refractivity contribution in [2.24, 2.45) is 0 Å². The number of ether oxygens (including phenoxy) is 3. The van der Waals surface area contributed by atoms with E-state index in [0.29, 0.717) is 38.0 Å². The zero-order valence-electron chi connectivity index (χ0n) is 13.5. The fourth-order valence-corrected chi connectivity index (χ4v) is 2.74. The maximum absolute atomic E-state index is 12.4. The van der Waals surface area contributed by atoms with Gasteiger partial charge < -0.3 is 19.1 Å². The van der Waals surface area contributed by atoms with Crippen molar-refractivity contribution in [2.75, 3.05) is 39.9 Å². The number of methoxy groups -OCH3 is 1. The maximum Gasteiger partial charge on any atom is 0.410 e. The molecular weight excluding hydrogens is 316 g/mol. The highest BCUT2D eigenvalue weighted by molar-refractivity contribution is 5.83. The third-order valence-electron chi connectivity index (χ3n) is 4.01. The second-order valence-corrected chi connectivity index (χ2v) is 5.67. The number of likely N-dealkylation sites (tertiary alicyclic amines) is 1. The van der Waals surface area contributed by atoms with Crippen LogP contribution in [0.3, 0.4) is 0 Å². The van der Waals surface area contributed by atoms with E-state index in [2.05, 4.69) is 10.2 Å². The Morgan fingerprint density at radius 2 is 2.12 bits per heavy atom. The number of hydrogen-bond donors (Lipinski definition) is 0. The summed E-state index contributed by atoms with van der Waals surface area (Å²) in [6, 6.07) is 3.36. The molecule has 130 valence electrons. The van der Waals surface area contributed by atoms with Gasteiger partial charge in [0.15, 0.2) is 0 Å². The Bertz CT molecular complexity index is 594. The van der Waals surface area contributed by atoms with Gasteiger partial charge in [0.1, 0.15) is 19.3 Å². The second-order valence-electron chi connectivity index (χ2n) is 5.67. The molecule has 1 aromatic rings. The molecule has 3 rings (SSSR count). The molecule has 1 unspecified atom stereocenters. The molecule has 0 aliphatic carbocycles. The third-order valence-corrected chi connectivity index (χ3v) is 4.01. The van der Waals surface area contributed by atoms with Crippen LogP contribution in [0.15, 0.2) is 12.1 Å². The smallest absolute Gasteiger partial charge is 0.410 e. The first-order chi connectivity index (χ1) is 11.7. The number of rotatable bonds is 5. The van der Waals surface area contributed by atoms with E-state index in [1.807, 2.05) is 0 Å². The highest BCUT2D eigenvalue weighted by Crippen LogP contribution is 2.18. The summed E-state index contributed by atoms with van der Waals surface area (Å²) in [6.45, 7) is 1.98. The highest BCUT2D eigenvalue weighted by atomic mass is 16.6. The van der Waals surface area contributed by atoms with E-state index in [1.165, 1.54) is 12.0 Å². The van der Waals surface area contributed by atoms with Crippen molar-refractivity contribution in [3.05, 3.63) is 12.1 Å². The van der Waals surface area contributed by atoms with Crippen LogP contribution >= 0.6 is 0 Å². The van der Waals surface area contributed by atoms with E-state index in [4.69, 9.17) is 14.2 Å². The Labute approximate surface area is 139 Å². The van der Waals surface area contributed by atoms with Gasteiger partial charge in [-0.15, -0.1) is 10.2 Å². The molecule has 0 N–H and O–H groups in total. The van der Waals surface area contributed by atoms with E-state index < -0.39 is 6.09 Å². The molecule has 2 amide bonds. The van der Waals surface area contributed by atoms with Gasteiger partial charge in [-0.2, -0.15) is 0 Å². The Kier molecular flexibility index (Phi) is 4.97. The average molecular weight is 336 g/mol. The van der Waals surface area contributed by atoms with Gasteiger partial charge in [0.25, 0.3) is 0 Å². The van der Waals surface area contributed by atoms with Gasteiger partial charge >= 0.3 is 6.09 Å². The topological polar surface area (TPSA) is 94.1 Å². The van der Waals surface area contributed by atoms with E-state index in [9.17, 15) is 9.59 Å². The first kappa shape index (κ1) is 16.3. The van der Waals surface area contributed by atoms with Gasteiger partial charge in [-0.05, 0) is 12.8 Å². The largest absolute Gasteiger partial charge is 0.480 e. The van der Waals surface area contributed by atoms with Crippen molar-refractivity contribution in [1.29, 1.82) is 0 Å². The lowest BCUT2D eigenvalue weighted by Crippen LogP contribution is -2.48. The van der Waals surface area contributed by atoms with E-state index >= 15 is 0 Å². The fraction of sp³-hybridized carbons (Fsp3) is 0.600. The summed E-state index contributed by atoms with van der Waals surface area (Å²) in [4.78, 5) is 26.9. The molecule has 0 saturated carbocycles. The van der Waals surface area contributed by atoms with Gasteiger partial charge in [-0.1, -0.05) is 0 Å². The molecule has 2 saturated heterocycles. The van der Waals surface area contributed by atoms with E-state index in [0.717, 1.165) is 12.8 Å². The van der Waals surface area contributed by atoms with E-state index in [1.54, 1.807) is 17.0 Å². The number of amides is 2.